The SMILES string of the molecule is NC1CC2CCC(C1)N2C(=O)[C@@H](NS(=O)(=O)c1ccc2cc(OC3CCC3)ccc2c1)C(F)(F)c1ccc(Br)cc1. The van der Waals surface area contributed by atoms with E-state index in [1.807, 2.05) is 6.07 Å². The van der Waals surface area contributed by atoms with Crippen molar-refractivity contribution < 1.29 is 26.7 Å². The Bertz CT molecular complexity index is 1550. The van der Waals surface area contributed by atoms with Gasteiger partial charge in [-0.05, 0) is 92.1 Å². The van der Waals surface area contributed by atoms with Crippen molar-refractivity contribution in [3.05, 3.63) is 70.7 Å². The summed E-state index contributed by atoms with van der Waals surface area (Å²) >= 11 is 3.24. The molecule has 3 fully saturated rings. The van der Waals surface area contributed by atoms with Crippen LogP contribution in [0.1, 0.15) is 50.5 Å². The number of nitrogens with zero attached hydrogens (tertiary/aromatic N) is 1. The predicted octanol–water partition coefficient (Wildman–Crippen LogP) is 5.45. The molecule has 2 heterocycles. The van der Waals surface area contributed by atoms with Gasteiger partial charge in [-0.15, -0.1) is 0 Å². The fourth-order valence-electron chi connectivity index (χ4n) is 6.19. The van der Waals surface area contributed by atoms with Crippen molar-refractivity contribution in [2.75, 3.05) is 0 Å². The van der Waals surface area contributed by atoms with Gasteiger partial charge in [-0.25, -0.2) is 8.42 Å². The quantitative estimate of drug-likeness (QED) is 0.338. The Morgan fingerprint density at radius 3 is 2.24 bits per heavy atom. The van der Waals surface area contributed by atoms with Crippen LogP contribution in [-0.4, -0.2) is 49.5 Å². The number of nitrogens with one attached hydrogen (secondary N) is 1. The molecule has 0 aromatic heterocycles. The third kappa shape index (κ3) is 5.61. The minimum absolute atomic E-state index is 0.115. The van der Waals surface area contributed by atoms with Crippen molar-refractivity contribution in [1.29, 1.82) is 0 Å². The summed E-state index contributed by atoms with van der Waals surface area (Å²) in [5.74, 6) is -4.06. The molecule has 41 heavy (non-hydrogen) atoms. The number of carbonyl (C=O) groups is 1. The Morgan fingerprint density at radius 1 is 0.976 bits per heavy atom. The Balaban J connectivity index is 1.32. The number of piperidine rings is 1. The number of amides is 1. The Hall–Kier alpha value is -2.60. The topological polar surface area (TPSA) is 102 Å². The van der Waals surface area contributed by atoms with Gasteiger partial charge in [-0.3, -0.25) is 4.79 Å². The highest BCUT2D eigenvalue weighted by Gasteiger charge is 2.53. The third-order valence-electron chi connectivity index (χ3n) is 8.58. The molecule has 2 bridgehead atoms. The van der Waals surface area contributed by atoms with Crippen molar-refractivity contribution in [3.63, 3.8) is 0 Å². The number of hydrogen-bond donors (Lipinski definition) is 2. The maximum Gasteiger partial charge on any atom is 0.298 e. The fourth-order valence-corrected chi connectivity index (χ4v) is 7.68. The molecule has 2 saturated heterocycles. The number of benzene rings is 3. The second kappa shape index (κ2) is 10.9. The largest absolute Gasteiger partial charge is 0.490 e. The maximum absolute atomic E-state index is 16.2. The summed E-state index contributed by atoms with van der Waals surface area (Å²) < 4.78 is 68.2. The smallest absolute Gasteiger partial charge is 0.298 e. The molecule has 1 amide bonds. The summed E-state index contributed by atoms with van der Waals surface area (Å²) in [6.45, 7) is 0. The first-order valence-electron chi connectivity index (χ1n) is 14.0. The van der Waals surface area contributed by atoms with E-state index in [9.17, 15) is 13.2 Å². The molecular weight excluding hydrogens is 616 g/mol. The number of ether oxygens (including phenoxy) is 1. The molecule has 0 radical (unpaired) electrons. The van der Waals surface area contributed by atoms with E-state index < -0.39 is 33.5 Å². The lowest BCUT2D eigenvalue weighted by Crippen LogP contribution is -2.60. The number of carbonyl (C=O) groups excluding carboxylic acids is 1. The standard InChI is InChI=1S/C30H32BrF2N3O4S/c31-21-8-6-20(7-9-21)30(32,33)28(29(37)36-23-10-11-24(36)17-22(34)16-23)35-41(38,39)27-13-5-18-14-26(12-4-19(18)15-27)40-25-2-1-3-25/h4-9,12-15,22-25,28,35H,1-3,10-11,16-17,34H2/t22?,23?,24?,28-/m1/s1. The van der Waals surface area contributed by atoms with Gasteiger partial charge < -0.3 is 15.4 Å². The molecular formula is C30H32BrF2N3O4S. The predicted molar refractivity (Wildman–Crippen MR) is 155 cm³/mol. The second-order valence-corrected chi connectivity index (χ2v) is 14.0. The Labute approximate surface area is 246 Å². The van der Waals surface area contributed by atoms with E-state index >= 15 is 8.78 Å². The zero-order valence-electron chi connectivity index (χ0n) is 22.3. The van der Waals surface area contributed by atoms with Crippen molar-refractivity contribution >= 4 is 42.6 Å². The second-order valence-electron chi connectivity index (χ2n) is 11.4. The maximum atomic E-state index is 16.2. The van der Waals surface area contributed by atoms with E-state index in [1.165, 1.54) is 41.3 Å². The van der Waals surface area contributed by atoms with Gasteiger partial charge in [-0.1, -0.05) is 40.2 Å². The fraction of sp³-hybridized carbons (Fsp3) is 0.433. The van der Waals surface area contributed by atoms with Crippen molar-refractivity contribution in [1.82, 2.24) is 9.62 Å². The van der Waals surface area contributed by atoms with Crippen LogP contribution < -0.4 is 15.2 Å². The van der Waals surface area contributed by atoms with Crippen molar-refractivity contribution in [3.8, 4) is 5.75 Å². The van der Waals surface area contributed by atoms with E-state index in [2.05, 4.69) is 20.7 Å². The van der Waals surface area contributed by atoms with Gasteiger partial charge in [0.2, 0.25) is 15.9 Å². The van der Waals surface area contributed by atoms with E-state index in [1.54, 1.807) is 18.2 Å². The van der Waals surface area contributed by atoms with Crippen LogP contribution in [0.2, 0.25) is 0 Å². The minimum Gasteiger partial charge on any atom is -0.490 e. The van der Waals surface area contributed by atoms with Gasteiger partial charge in [0.1, 0.15) is 5.75 Å². The van der Waals surface area contributed by atoms with Crippen LogP contribution in [0, 0.1) is 0 Å². The van der Waals surface area contributed by atoms with Crippen LogP contribution in [0.4, 0.5) is 8.78 Å². The van der Waals surface area contributed by atoms with E-state index in [4.69, 9.17) is 10.5 Å². The highest BCUT2D eigenvalue weighted by atomic mass is 79.9. The van der Waals surface area contributed by atoms with Gasteiger partial charge in [-0.2, -0.15) is 13.5 Å². The van der Waals surface area contributed by atoms with E-state index in [0.717, 1.165) is 24.6 Å². The molecule has 3 N–H and O–H groups in total. The molecule has 6 rings (SSSR count). The Morgan fingerprint density at radius 2 is 1.61 bits per heavy atom. The summed E-state index contributed by atoms with van der Waals surface area (Å²) in [5, 5.41) is 1.37. The first kappa shape index (κ1) is 28.5. The molecule has 0 spiro atoms. The lowest BCUT2D eigenvalue weighted by Gasteiger charge is -2.41. The molecule has 218 valence electrons. The van der Waals surface area contributed by atoms with Gasteiger partial charge >= 0.3 is 0 Å². The lowest BCUT2D eigenvalue weighted by atomic mass is 9.95. The summed E-state index contributed by atoms with van der Waals surface area (Å²) in [4.78, 5) is 15.1. The van der Waals surface area contributed by atoms with Crippen molar-refractivity contribution in [2.45, 2.75) is 86.0 Å². The molecule has 11 heteroatoms. The summed E-state index contributed by atoms with van der Waals surface area (Å²) in [5.41, 5.74) is 5.68. The number of hydrogen-bond acceptors (Lipinski definition) is 5. The highest BCUT2D eigenvalue weighted by molar-refractivity contribution is 9.10. The molecule has 1 aliphatic carbocycles. The van der Waals surface area contributed by atoms with Gasteiger partial charge in [0, 0.05) is 28.2 Å². The van der Waals surface area contributed by atoms with Gasteiger partial charge in [0.25, 0.3) is 5.92 Å². The molecule has 2 unspecified atom stereocenters. The monoisotopic (exact) mass is 647 g/mol. The molecule has 7 nitrogen and oxygen atoms in total. The highest BCUT2D eigenvalue weighted by Crippen LogP contribution is 2.40. The van der Waals surface area contributed by atoms with Crippen LogP contribution in [0.25, 0.3) is 10.8 Å². The number of rotatable bonds is 8. The molecule has 2 aliphatic heterocycles. The van der Waals surface area contributed by atoms with Crippen molar-refractivity contribution in [2.24, 2.45) is 5.73 Å². The zero-order valence-corrected chi connectivity index (χ0v) is 24.7. The first-order chi connectivity index (χ1) is 19.5. The van der Waals surface area contributed by atoms with Crippen LogP contribution in [0.15, 0.2) is 70.0 Å². The van der Waals surface area contributed by atoms with Crippen LogP contribution in [-0.2, 0) is 20.7 Å². The third-order valence-corrected chi connectivity index (χ3v) is 10.5. The van der Waals surface area contributed by atoms with Crippen LogP contribution >= 0.6 is 15.9 Å². The van der Waals surface area contributed by atoms with Gasteiger partial charge in [0.05, 0.1) is 11.0 Å². The molecule has 3 aromatic rings. The molecule has 3 atom stereocenters. The average molecular weight is 649 g/mol. The van der Waals surface area contributed by atoms with Crippen LogP contribution in [0.5, 0.6) is 5.75 Å². The number of halogens is 3. The average Bonchev–Trinajstić information content (AvgIpc) is 3.19. The number of nitrogens with two attached hydrogens (primary N) is 1. The lowest BCUT2D eigenvalue weighted by molar-refractivity contribution is -0.149. The molecule has 3 aromatic carbocycles. The van der Waals surface area contributed by atoms with Gasteiger partial charge in [0.15, 0.2) is 6.04 Å². The Kier molecular flexibility index (Phi) is 7.59. The van der Waals surface area contributed by atoms with E-state index in [0.29, 0.717) is 41.3 Å². The summed E-state index contributed by atoms with van der Waals surface area (Å²) in [7, 11) is -4.53. The zero-order chi connectivity index (χ0) is 28.9. The molecule has 1 saturated carbocycles. The van der Waals surface area contributed by atoms with E-state index in [-0.39, 0.29) is 29.1 Å². The number of fused-ring (bicyclic) bond motifs is 3. The van der Waals surface area contributed by atoms with Crippen LogP contribution in [0.3, 0.4) is 0 Å². The molecule has 3 aliphatic rings. The summed E-state index contributed by atoms with van der Waals surface area (Å²) in [6.07, 6.45) is 5.68. The minimum atomic E-state index is -4.53. The number of sulfonamides is 1. The first-order valence-corrected chi connectivity index (χ1v) is 16.2. The normalized spacial score (nSPS) is 23.8. The summed E-state index contributed by atoms with van der Waals surface area (Å²) in [6, 6.07) is 12.0. The number of alkyl halides is 2.